The topological polar surface area (TPSA) is 33.0 Å². The van der Waals surface area contributed by atoms with Crippen molar-refractivity contribution in [2.24, 2.45) is 0 Å². The van der Waals surface area contributed by atoms with Gasteiger partial charge in [0.05, 0.1) is 0 Å². The van der Waals surface area contributed by atoms with Crippen LogP contribution in [0.3, 0.4) is 0 Å². The van der Waals surface area contributed by atoms with E-state index in [9.17, 15) is 5.26 Å². The van der Waals surface area contributed by atoms with E-state index in [-0.39, 0.29) is 6.10 Å². The van der Waals surface area contributed by atoms with E-state index in [1.807, 2.05) is 24.5 Å². The molecule has 0 fully saturated rings. The van der Waals surface area contributed by atoms with Gasteiger partial charge in [-0.3, -0.25) is 0 Å². The summed E-state index contributed by atoms with van der Waals surface area (Å²) in [5.41, 5.74) is 3.28. The largest absolute Gasteiger partial charge is 0.484 e. The summed E-state index contributed by atoms with van der Waals surface area (Å²) in [6, 6.07) is 16.6. The van der Waals surface area contributed by atoms with Gasteiger partial charge in [-0.25, -0.2) is 0 Å². The number of aryl methyl sites for hydroxylation is 1. The summed E-state index contributed by atoms with van der Waals surface area (Å²) in [5.74, 6) is 0.700. The van der Waals surface area contributed by atoms with Gasteiger partial charge in [0.2, 0.25) is 0 Å². The Morgan fingerprint density at radius 3 is 2.86 bits per heavy atom. The molecule has 21 heavy (non-hydrogen) atoms. The number of hydrogen-bond acceptors (Lipinski definition) is 3. The highest BCUT2D eigenvalue weighted by molar-refractivity contribution is 7.98. The molecule has 3 rings (SSSR count). The highest BCUT2D eigenvalue weighted by Gasteiger charge is 2.22. The fourth-order valence-corrected chi connectivity index (χ4v) is 3.44. The zero-order valence-corrected chi connectivity index (χ0v) is 12.8. The van der Waals surface area contributed by atoms with E-state index in [4.69, 9.17) is 4.74 Å². The molecule has 2 aromatic carbocycles. The molecule has 106 valence electrons. The van der Waals surface area contributed by atoms with E-state index in [1.165, 1.54) is 11.1 Å². The van der Waals surface area contributed by atoms with Crippen LogP contribution in [-0.4, -0.2) is 6.26 Å². The monoisotopic (exact) mass is 295 g/mol. The van der Waals surface area contributed by atoms with E-state index < -0.39 is 0 Å². The van der Waals surface area contributed by atoms with Crippen molar-refractivity contribution in [3.8, 4) is 11.8 Å². The summed E-state index contributed by atoms with van der Waals surface area (Å²) in [7, 11) is 0. The average molecular weight is 295 g/mol. The molecule has 0 N–H and O–H groups in total. The first kappa shape index (κ1) is 14.0. The minimum Gasteiger partial charge on any atom is -0.484 e. The highest BCUT2D eigenvalue weighted by atomic mass is 32.2. The summed E-state index contributed by atoms with van der Waals surface area (Å²) >= 11 is 1.58. The van der Waals surface area contributed by atoms with E-state index in [0.29, 0.717) is 11.3 Å². The van der Waals surface area contributed by atoms with Gasteiger partial charge in [-0.2, -0.15) is 5.26 Å². The first-order chi connectivity index (χ1) is 10.3. The molecule has 0 radical (unpaired) electrons. The molecule has 0 saturated heterocycles. The molecule has 1 aliphatic carbocycles. The van der Waals surface area contributed by atoms with Crippen molar-refractivity contribution >= 4 is 11.8 Å². The molecule has 0 bridgehead atoms. The second-order valence-corrected chi connectivity index (χ2v) is 5.99. The maximum Gasteiger partial charge on any atom is 0.139 e. The van der Waals surface area contributed by atoms with Crippen LogP contribution in [0.1, 0.15) is 35.6 Å². The predicted molar refractivity (Wildman–Crippen MR) is 85.7 cm³/mol. The molecule has 1 atom stereocenters. The quantitative estimate of drug-likeness (QED) is 0.767. The van der Waals surface area contributed by atoms with Gasteiger partial charge in [0.15, 0.2) is 0 Å². The lowest BCUT2D eigenvalue weighted by molar-refractivity contribution is 0.182. The van der Waals surface area contributed by atoms with Crippen molar-refractivity contribution in [1.29, 1.82) is 5.26 Å². The van der Waals surface area contributed by atoms with Crippen LogP contribution >= 0.6 is 11.8 Å². The van der Waals surface area contributed by atoms with Gasteiger partial charge in [0.1, 0.15) is 23.5 Å². The molecule has 2 aromatic rings. The second kappa shape index (κ2) is 6.24. The minimum absolute atomic E-state index is 0.0548. The number of thioether (sulfide) groups is 1. The van der Waals surface area contributed by atoms with Crippen molar-refractivity contribution in [3.63, 3.8) is 0 Å². The number of hydrogen-bond donors (Lipinski definition) is 0. The van der Waals surface area contributed by atoms with Crippen molar-refractivity contribution in [3.05, 3.63) is 59.2 Å². The van der Waals surface area contributed by atoms with Crippen molar-refractivity contribution < 1.29 is 4.74 Å². The Hall–Kier alpha value is -1.92. The normalized spacial score (nSPS) is 16.9. The lowest BCUT2D eigenvalue weighted by Gasteiger charge is -2.26. The highest BCUT2D eigenvalue weighted by Crippen LogP contribution is 2.36. The third-order valence-corrected chi connectivity index (χ3v) is 4.68. The number of nitriles is 1. The van der Waals surface area contributed by atoms with Crippen molar-refractivity contribution in [2.45, 2.75) is 30.3 Å². The molecule has 1 aliphatic rings. The molecule has 0 amide bonds. The Bertz CT molecular complexity index is 690. The van der Waals surface area contributed by atoms with Crippen molar-refractivity contribution in [2.75, 3.05) is 6.26 Å². The molecule has 0 aromatic heterocycles. The number of benzene rings is 2. The van der Waals surface area contributed by atoms with E-state index >= 15 is 0 Å². The molecular formula is C18H17NOS. The van der Waals surface area contributed by atoms with Crippen LogP contribution in [0, 0.1) is 11.3 Å². The number of ether oxygens (including phenoxy) is 1. The maximum atomic E-state index is 9.41. The van der Waals surface area contributed by atoms with Gasteiger partial charge in [-0.1, -0.05) is 30.3 Å². The van der Waals surface area contributed by atoms with Crippen LogP contribution in [0.5, 0.6) is 5.75 Å². The third kappa shape index (κ3) is 2.77. The summed E-state index contributed by atoms with van der Waals surface area (Å²) < 4.78 is 6.21. The fourth-order valence-electron chi connectivity index (χ4n) is 2.87. The number of rotatable bonds is 3. The van der Waals surface area contributed by atoms with Gasteiger partial charge >= 0.3 is 0 Å². The standard InChI is InChI=1S/C18H17NOS/c1-21-18-11-5-10-17(15(18)12-19)20-16-9-4-7-13-6-2-3-8-14(13)16/h2-3,5-6,8,10-11,16H,4,7,9H2,1H3. The zero-order valence-electron chi connectivity index (χ0n) is 12.0. The van der Waals surface area contributed by atoms with Crippen LogP contribution in [0.15, 0.2) is 47.4 Å². The Labute approximate surface area is 129 Å². The fraction of sp³-hybridized carbons (Fsp3) is 0.278. The van der Waals surface area contributed by atoms with Crippen LogP contribution in [-0.2, 0) is 6.42 Å². The Morgan fingerprint density at radius 2 is 2.05 bits per heavy atom. The molecule has 0 aliphatic heterocycles. The molecule has 2 nitrogen and oxygen atoms in total. The third-order valence-electron chi connectivity index (χ3n) is 3.90. The van der Waals surface area contributed by atoms with Crippen LogP contribution in [0.2, 0.25) is 0 Å². The second-order valence-electron chi connectivity index (χ2n) is 5.14. The van der Waals surface area contributed by atoms with Gasteiger partial charge < -0.3 is 4.74 Å². The van der Waals surface area contributed by atoms with Crippen LogP contribution in [0.4, 0.5) is 0 Å². The van der Waals surface area contributed by atoms with Crippen LogP contribution in [0.25, 0.3) is 0 Å². The van der Waals surface area contributed by atoms with Crippen LogP contribution < -0.4 is 4.74 Å². The minimum atomic E-state index is 0.0548. The Kier molecular flexibility index (Phi) is 4.17. The Balaban J connectivity index is 1.94. The van der Waals surface area contributed by atoms with E-state index in [1.54, 1.807) is 11.8 Å². The lowest BCUT2D eigenvalue weighted by Crippen LogP contribution is -2.15. The van der Waals surface area contributed by atoms with Gasteiger partial charge in [-0.05, 0) is 48.8 Å². The van der Waals surface area contributed by atoms with Gasteiger partial charge in [0, 0.05) is 4.90 Å². The smallest absolute Gasteiger partial charge is 0.139 e. The molecule has 0 saturated carbocycles. The average Bonchev–Trinajstić information content (AvgIpc) is 2.55. The number of fused-ring (bicyclic) bond motifs is 1. The Morgan fingerprint density at radius 1 is 1.19 bits per heavy atom. The lowest BCUT2D eigenvalue weighted by atomic mass is 9.89. The summed E-state index contributed by atoms with van der Waals surface area (Å²) in [5, 5.41) is 9.41. The summed E-state index contributed by atoms with van der Waals surface area (Å²) in [6.07, 6.45) is 5.29. The van der Waals surface area contributed by atoms with E-state index in [2.05, 4.69) is 30.3 Å². The zero-order chi connectivity index (χ0) is 14.7. The first-order valence-corrected chi connectivity index (χ1v) is 8.37. The molecule has 3 heteroatoms. The predicted octanol–water partition coefficient (Wildman–Crippen LogP) is 4.74. The summed E-state index contributed by atoms with van der Waals surface area (Å²) in [6.45, 7) is 0. The summed E-state index contributed by atoms with van der Waals surface area (Å²) in [4.78, 5) is 0.971. The molecule has 0 heterocycles. The SMILES string of the molecule is CSc1cccc(OC2CCCc3ccccc32)c1C#N. The molecular weight excluding hydrogens is 278 g/mol. The van der Waals surface area contributed by atoms with Crippen molar-refractivity contribution in [1.82, 2.24) is 0 Å². The first-order valence-electron chi connectivity index (χ1n) is 7.15. The number of nitrogens with zero attached hydrogens (tertiary/aromatic N) is 1. The maximum absolute atomic E-state index is 9.41. The molecule has 0 spiro atoms. The van der Waals surface area contributed by atoms with E-state index in [0.717, 1.165) is 24.2 Å². The molecule has 1 unspecified atom stereocenters. The van der Waals surface area contributed by atoms with Gasteiger partial charge in [-0.15, -0.1) is 11.8 Å². The van der Waals surface area contributed by atoms with Gasteiger partial charge in [0.25, 0.3) is 0 Å².